The summed E-state index contributed by atoms with van der Waals surface area (Å²) < 4.78 is 47.8. The lowest BCUT2D eigenvalue weighted by molar-refractivity contribution is -0.123. The first-order chi connectivity index (χ1) is 13.3. The van der Waals surface area contributed by atoms with Crippen LogP contribution in [0.15, 0.2) is 47.2 Å². The third kappa shape index (κ3) is 4.64. The number of nitrogens with zero attached hydrogens (tertiary/aromatic N) is 3. The Kier molecular flexibility index (Phi) is 5.57. The summed E-state index contributed by atoms with van der Waals surface area (Å²) in [4.78, 5) is 20.2. The molecule has 28 heavy (non-hydrogen) atoms. The Bertz CT molecular complexity index is 958. The normalized spacial score (nSPS) is 11.3. The Morgan fingerprint density at radius 3 is 2.68 bits per heavy atom. The summed E-state index contributed by atoms with van der Waals surface area (Å²) in [5.74, 6) is -0.554. The average molecular weight is 392 g/mol. The van der Waals surface area contributed by atoms with Crippen LogP contribution in [0, 0.1) is 6.92 Å². The van der Waals surface area contributed by atoms with Gasteiger partial charge in [0.1, 0.15) is 30.2 Å². The predicted octanol–water partition coefficient (Wildman–Crippen LogP) is 3.31. The van der Waals surface area contributed by atoms with Gasteiger partial charge in [-0.1, -0.05) is 11.2 Å². The third-order valence-corrected chi connectivity index (χ3v) is 3.71. The van der Waals surface area contributed by atoms with Crippen LogP contribution in [0.2, 0.25) is 0 Å². The first kappa shape index (κ1) is 19.3. The Balaban J connectivity index is 1.78. The van der Waals surface area contributed by atoms with Gasteiger partial charge in [-0.2, -0.15) is 13.2 Å². The number of ether oxygens (including phenoxy) is 1. The maximum atomic E-state index is 12.3. The standard InChI is InChI=1S/C18H15F3N4O3/c1-11-13(15(25-28-11)14-6-2-3-7-22-14)9-27-17-12(5-4-8-23-17)16(26)24-10-18(19,20)21/h2-8H,9-10H2,1H3,(H,24,26). The van der Waals surface area contributed by atoms with Crippen LogP contribution >= 0.6 is 0 Å². The van der Waals surface area contributed by atoms with Gasteiger partial charge < -0.3 is 14.6 Å². The van der Waals surface area contributed by atoms with E-state index in [4.69, 9.17) is 9.26 Å². The van der Waals surface area contributed by atoms with Gasteiger partial charge in [0.15, 0.2) is 0 Å². The molecule has 1 amide bonds. The van der Waals surface area contributed by atoms with Gasteiger partial charge in [-0.25, -0.2) is 4.98 Å². The zero-order chi connectivity index (χ0) is 20.1. The number of amides is 1. The van der Waals surface area contributed by atoms with Gasteiger partial charge in [0.05, 0.1) is 11.3 Å². The first-order valence-corrected chi connectivity index (χ1v) is 8.14. The summed E-state index contributed by atoms with van der Waals surface area (Å²) in [6.45, 7) is 0.181. The van der Waals surface area contributed by atoms with E-state index in [9.17, 15) is 18.0 Å². The highest BCUT2D eigenvalue weighted by Gasteiger charge is 2.28. The van der Waals surface area contributed by atoms with Crippen LogP contribution in [0.1, 0.15) is 21.7 Å². The minimum Gasteiger partial charge on any atom is -0.472 e. The fraction of sp³-hybridized carbons (Fsp3) is 0.222. The van der Waals surface area contributed by atoms with Crippen molar-refractivity contribution in [2.24, 2.45) is 0 Å². The number of alkyl halides is 3. The minimum atomic E-state index is -4.52. The Morgan fingerprint density at radius 1 is 1.18 bits per heavy atom. The zero-order valence-electron chi connectivity index (χ0n) is 14.7. The molecule has 0 atom stereocenters. The highest BCUT2D eigenvalue weighted by atomic mass is 19.4. The molecule has 0 unspecified atom stereocenters. The van der Waals surface area contributed by atoms with E-state index in [2.05, 4.69) is 15.1 Å². The van der Waals surface area contributed by atoms with Gasteiger partial charge in [-0.3, -0.25) is 9.78 Å². The molecular weight excluding hydrogens is 377 g/mol. The molecule has 0 aliphatic carbocycles. The van der Waals surface area contributed by atoms with Crippen molar-refractivity contribution in [3.63, 3.8) is 0 Å². The molecule has 0 saturated carbocycles. The second-order valence-corrected chi connectivity index (χ2v) is 5.72. The first-order valence-electron chi connectivity index (χ1n) is 8.14. The van der Waals surface area contributed by atoms with E-state index >= 15 is 0 Å². The quantitative estimate of drug-likeness (QED) is 0.692. The summed E-state index contributed by atoms with van der Waals surface area (Å²) in [6.07, 6.45) is -1.54. The lowest BCUT2D eigenvalue weighted by atomic mass is 10.1. The van der Waals surface area contributed by atoms with Crippen molar-refractivity contribution in [3.05, 3.63) is 59.6 Å². The van der Waals surface area contributed by atoms with E-state index in [1.807, 2.05) is 0 Å². The SMILES string of the molecule is Cc1onc(-c2ccccn2)c1COc1ncccc1C(=O)NCC(F)(F)F. The summed E-state index contributed by atoms with van der Waals surface area (Å²) in [5, 5.41) is 5.77. The molecule has 7 nitrogen and oxygen atoms in total. The lowest BCUT2D eigenvalue weighted by Crippen LogP contribution is -2.34. The molecule has 10 heteroatoms. The molecule has 3 aromatic rings. The van der Waals surface area contributed by atoms with Crippen LogP contribution in [0.3, 0.4) is 0 Å². The molecular formula is C18H15F3N4O3. The molecule has 0 aromatic carbocycles. The molecule has 3 heterocycles. The molecule has 146 valence electrons. The minimum absolute atomic E-state index is 0.0577. The van der Waals surface area contributed by atoms with Crippen LogP contribution < -0.4 is 10.1 Å². The zero-order valence-corrected chi connectivity index (χ0v) is 14.7. The number of hydrogen-bond donors (Lipinski definition) is 1. The largest absolute Gasteiger partial charge is 0.472 e. The van der Waals surface area contributed by atoms with E-state index < -0.39 is 18.6 Å². The van der Waals surface area contributed by atoms with Crippen LogP contribution in [0.25, 0.3) is 11.4 Å². The van der Waals surface area contributed by atoms with E-state index in [1.165, 1.54) is 18.3 Å². The molecule has 1 N–H and O–H groups in total. The van der Waals surface area contributed by atoms with Gasteiger partial charge in [0, 0.05) is 12.4 Å². The number of aromatic nitrogens is 3. The average Bonchev–Trinajstić information content (AvgIpc) is 3.05. The monoisotopic (exact) mass is 392 g/mol. The van der Waals surface area contributed by atoms with Crippen molar-refractivity contribution in [3.8, 4) is 17.3 Å². The Labute approximate surface area is 157 Å². The highest BCUT2D eigenvalue weighted by Crippen LogP contribution is 2.25. The molecule has 0 saturated heterocycles. The lowest BCUT2D eigenvalue weighted by Gasteiger charge is -2.12. The molecule has 0 fully saturated rings. The number of nitrogens with one attached hydrogen (secondary N) is 1. The molecule has 3 aromatic heterocycles. The van der Waals surface area contributed by atoms with Gasteiger partial charge in [-0.15, -0.1) is 0 Å². The molecule has 0 radical (unpaired) electrons. The van der Waals surface area contributed by atoms with Crippen molar-refractivity contribution in [2.75, 3.05) is 6.54 Å². The highest BCUT2D eigenvalue weighted by molar-refractivity contribution is 5.96. The second kappa shape index (κ2) is 8.07. The molecule has 3 rings (SSSR count). The Hall–Kier alpha value is -3.43. The maximum absolute atomic E-state index is 12.3. The number of halogens is 3. The van der Waals surface area contributed by atoms with Crippen molar-refractivity contribution >= 4 is 5.91 Å². The van der Waals surface area contributed by atoms with Crippen molar-refractivity contribution in [1.29, 1.82) is 0 Å². The van der Waals surface area contributed by atoms with Gasteiger partial charge in [0.25, 0.3) is 5.91 Å². The topological polar surface area (TPSA) is 90.1 Å². The van der Waals surface area contributed by atoms with E-state index in [1.54, 1.807) is 36.6 Å². The molecule has 0 aliphatic heterocycles. The maximum Gasteiger partial charge on any atom is 0.405 e. The van der Waals surface area contributed by atoms with Crippen molar-refractivity contribution in [1.82, 2.24) is 20.4 Å². The van der Waals surface area contributed by atoms with E-state index in [-0.39, 0.29) is 18.1 Å². The number of pyridine rings is 2. The van der Waals surface area contributed by atoms with Crippen LogP contribution in [-0.4, -0.2) is 33.8 Å². The van der Waals surface area contributed by atoms with Crippen LogP contribution in [0.5, 0.6) is 5.88 Å². The van der Waals surface area contributed by atoms with Crippen LogP contribution in [0.4, 0.5) is 13.2 Å². The fourth-order valence-electron chi connectivity index (χ4n) is 2.36. The summed E-state index contributed by atoms with van der Waals surface area (Å²) in [6, 6.07) is 8.05. The van der Waals surface area contributed by atoms with Crippen molar-refractivity contribution in [2.45, 2.75) is 19.7 Å². The molecule has 0 aliphatic rings. The van der Waals surface area contributed by atoms with Gasteiger partial charge in [0.2, 0.25) is 5.88 Å². The van der Waals surface area contributed by atoms with E-state index in [0.717, 1.165) is 0 Å². The number of carbonyl (C=O) groups is 1. The number of aryl methyl sites for hydroxylation is 1. The van der Waals surface area contributed by atoms with Gasteiger partial charge >= 0.3 is 6.18 Å². The van der Waals surface area contributed by atoms with Crippen molar-refractivity contribution < 1.29 is 27.2 Å². The summed E-state index contributed by atoms with van der Waals surface area (Å²) >= 11 is 0. The van der Waals surface area contributed by atoms with E-state index in [0.29, 0.717) is 22.7 Å². The third-order valence-electron chi connectivity index (χ3n) is 3.71. The summed E-state index contributed by atoms with van der Waals surface area (Å²) in [7, 11) is 0. The molecule has 0 bridgehead atoms. The van der Waals surface area contributed by atoms with Crippen LogP contribution in [-0.2, 0) is 6.61 Å². The number of rotatable bonds is 6. The Morgan fingerprint density at radius 2 is 1.96 bits per heavy atom. The summed E-state index contributed by atoms with van der Waals surface area (Å²) in [5.41, 5.74) is 1.52. The second-order valence-electron chi connectivity index (χ2n) is 5.72. The predicted molar refractivity (Wildman–Crippen MR) is 91.4 cm³/mol. The number of carbonyl (C=O) groups excluding carboxylic acids is 1. The fourth-order valence-corrected chi connectivity index (χ4v) is 2.36. The van der Waals surface area contributed by atoms with Gasteiger partial charge in [-0.05, 0) is 31.2 Å². The smallest absolute Gasteiger partial charge is 0.405 e. The molecule has 0 spiro atoms. The number of hydrogen-bond acceptors (Lipinski definition) is 6.